The van der Waals surface area contributed by atoms with Crippen molar-refractivity contribution in [2.75, 3.05) is 26.8 Å². The lowest BCUT2D eigenvalue weighted by Crippen LogP contribution is -2.29. The van der Waals surface area contributed by atoms with Crippen LogP contribution in [0.4, 0.5) is 0 Å². The van der Waals surface area contributed by atoms with Gasteiger partial charge in [0.1, 0.15) is 0 Å². The summed E-state index contributed by atoms with van der Waals surface area (Å²) < 4.78 is 10.3. The molecule has 0 spiro atoms. The molecule has 0 unspecified atom stereocenters. The molecule has 1 aromatic rings. The molecule has 0 radical (unpaired) electrons. The van der Waals surface area contributed by atoms with Gasteiger partial charge in [0.2, 0.25) is 5.76 Å². The van der Waals surface area contributed by atoms with Crippen LogP contribution in [0.5, 0.6) is 0 Å². The number of aromatic carboxylic acids is 1. The molecule has 2 rings (SSSR count). The number of carboxylic acids is 1. The minimum absolute atomic E-state index is 0.0498. The van der Waals surface area contributed by atoms with Crippen molar-refractivity contribution in [2.45, 2.75) is 19.4 Å². The third-order valence-corrected chi connectivity index (χ3v) is 3.29. The van der Waals surface area contributed by atoms with Gasteiger partial charge in [-0.3, -0.25) is 0 Å². The minimum Gasteiger partial charge on any atom is -0.475 e. The molecule has 0 saturated carbocycles. The second-order valence-corrected chi connectivity index (χ2v) is 4.83. The fraction of sp³-hybridized carbons (Fsp3) is 0.615. The van der Waals surface area contributed by atoms with Crippen LogP contribution >= 0.6 is 0 Å². The lowest BCUT2D eigenvalue weighted by atomic mass is 10.00. The van der Waals surface area contributed by atoms with E-state index in [1.165, 1.54) is 6.26 Å². The summed E-state index contributed by atoms with van der Waals surface area (Å²) in [5.41, 5.74) is 0.733. The van der Waals surface area contributed by atoms with Gasteiger partial charge in [-0.05, 0) is 31.9 Å². The van der Waals surface area contributed by atoms with Crippen molar-refractivity contribution in [3.05, 3.63) is 23.7 Å². The normalized spacial score (nSPS) is 17.2. The zero-order valence-corrected chi connectivity index (χ0v) is 10.6. The molecule has 0 aromatic carbocycles. The molecule has 0 bridgehead atoms. The fourth-order valence-electron chi connectivity index (χ4n) is 2.37. The Morgan fingerprint density at radius 1 is 1.50 bits per heavy atom. The van der Waals surface area contributed by atoms with Crippen LogP contribution in [0.15, 0.2) is 16.7 Å². The van der Waals surface area contributed by atoms with Crippen LogP contribution in [0.3, 0.4) is 0 Å². The summed E-state index contributed by atoms with van der Waals surface area (Å²) in [6, 6.07) is 1.73. The lowest BCUT2D eigenvalue weighted by molar-refractivity contribution is 0.0547. The minimum atomic E-state index is -1.01. The first-order chi connectivity index (χ1) is 8.66. The van der Waals surface area contributed by atoms with Crippen LogP contribution in [0.1, 0.15) is 29.0 Å². The van der Waals surface area contributed by atoms with Gasteiger partial charge >= 0.3 is 5.97 Å². The first-order valence-corrected chi connectivity index (χ1v) is 6.22. The number of furan rings is 1. The predicted molar refractivity (Wildman–Crippen MR) is 65.5 cm³/mol. The van der Waals surface area contributed by atoms with Crippen LogP contribution in [0.2, 0.25) is 0 Å². The molecule has 5 nitrogen and oxygen atoms in total. The second-order valence-electron chi connectivity index (χ2n) is 4.83. The topological polar surface area (TPSA) is 62.9 Å². The number of hydrogen-bond donors (Lipinski definition) is 1. The van der Waals surface area contributed by atoms with Crippen LogP contribution in [-0.4, -0.2) is 42.8 Å². The van der Waals surface area contributed by atoms with Crippen LogP contribution in [0, 0.1) is 5.92 Å². The van der Waals surface area contributed by atoms with Crippen molar-refractivity contribution in [1.29, 1.82) is 0 Å². The van der Waals surface area contributed by atoms with Crippen LogP contribution < -0.4 is 0 Å². The molecule has 0 amide bonds. The van der Waals surface area contributed by atoms with E-state index in [-0.39, 0.29) is 5.76 Å². The van der Waals surface area contributed by atoms with Crippen molar-refractivity contribution >= 4 is 5.97 Å². The standard InChI is InChI=1S/C13H19NO4/c1-14(8-10-2-5-17-6-3-10)9-11-4-7-18-12(11)13(15)16/h4,7,10H,2-3,5-6,8-9H2,1H3,(H,15,16). The number of rotatable bonds is 5. The summed E-state index contributed by atoms with van der Waals surface area (Å²) in [5.74, 6) is -0.313. The van der Waals surface area contributed by atoms with E-state index in [0.29, 0.717) is 12.5 Å². The maximum atomic E-state index is 10.9. The number of hydrogen-bond acceptors (Lipinski definition) is 4. The lowest BCUT2D eigenvalue weighted by Gasteiger charge is -2.26. The quantitative estimate of drug-likeness (QED) is 0.867. The van der Waals surface area contributed by atoms with Crippen molar-refractivity contribution < 1.29 is 19.1 Å². The van der Waals surface area contributed by atoms with Crippen molar-refractivity contribution in [3.63, 3.8) is 0 Å². The van der Waals surface area contributed by atoms with Gasteiger partial charge < -0.3 is 19.2 Å². The van der Waals surface area contributed by atoms with E-state index < -0.39 is 5.97 Å². The van der Waals surface area contributed by atoms with E-state index in [4.69, 9.17) is 14.3 Å². The largest absolute Gasteiger partial charge is 0.475 e. The molecule has 0 aliphatic carbocycles. The summed E-state index contributed by atoms with van der Waals surface area (Å²) >= 11 is 0. The van der Waals surface area contributed by atoms with E-state index in [1.54, 1.807) is 6.07 Å². The molecule has 2 heterocycles. The van der Waals surface area contributed by atoms with Gasteiger partial charge in [0, 0.05) is 31.9 Å². The Bertz CT molecular complexity index is 395. The van der Waals surface area contributed by atoms with E-state index in [1.807, 2.05) is 7.05 Å². The molecule has 1 aliphatic heterocycles. The van der Waals surface area contributed by atoms with Gasteiger partial charge in [0.15, 0.2) is 0 Å². The van der Waals surface area contributed by atoms with Crippen molar-refractivity contribution in [3.8, 4) is 0 Å². The molecule has 1 aromatic heterocycles. The molecule has 1 aliphatic rings. The van der Waals surface area contributed by atoms with Crippen LogP contribution in [-0.2, 0) is 11.3 Å². The Morgan fingerprint density at radius 3 is 2.89 bits per heavy atom. The summed E-state index contributed by atoms with van der Waals surface area (Å²) in [4.78, 5) is 13.1. The smallest absolute Gasteiger partial charge is 0.372 e. The third-order valence-electron chi connectivity index (χ3n) is 3.29. The molecule has 0 atom stereocenters. The Balaban J connectivity index is 1.88. The highest BCUT2D eigenvalue weighted by molar-refractivity contribution is 5.86. The molecule has 5 heteroatoms. The summed E-state index contributed by atoms with van der Waals surface area (Å²) in [6.45, 7) is 3.25. The Hall–Kier alpha value is -1.33. The zero-order chi connectivity index (χ0) is 13.0. The maximum absolute atomic E-state index is 10.9. The van der Waals surface area contributed by atoms with Crippen molar-refractivity contribution in [1.82, 2.24) is 4.90 Å². The first-order valence-electron chi connectivity index (χ1n) is 6.22. The molecule has 100 valence electrons. The van der Waals surface area contributed by atoms with Gasteiger partial charge in [-0.2, -0.15) is 0 Å². The monoisotopic (exact) mass is 253 g/mol. The van der Waals surface area contributed by atoms with E-state index in [9.17, 15) is 4.79 Å². The van der Waals surface area contributed by atoms with E-state index in [0.717, 1.165) is 38.2 Å². The predicted octanol–water partition coefficient (Wildman–Crippen LogP) is 1.84. The Morgan fingerprint density at radius 2 is 2.22 bits per heavy atom. The number of nitrogens with zero attached hydrogens (tertiary/aromatic N) is 1. The highest BCUT2D eigenvalue weighted by Gasteiger charge is 2.19. The maximum Gasteiger partial charge on any atom is 0.372 e. The molecule has 1 N–H and O–H groups in total. The van der Waals surface area contributed by atoms with Gasteiger partial charge in [0.05, 0.1) is 6.26 Å². The van der Waals surface area contributed by atoms with E-state index in [2.05, 4.69) is 4.90 Å². The molecule has 1 saturated heterocycles. The molecule has 1 fully saturated rings. The SMILES string of the molecule is CN(Cc1ccoc1C(=O)O)CC1CCOCC1. The summed E-state index contributed by atoms with van der Waals surface area (Å²) in [7, 11) is 2.01. The van der Waals surface area contributed by atoms with E-state index >= 15 is 0 Å². The second kappa shape index (κ2) is 6.02. The molecular formula is C13H19NO4. The average Bonchev–Trinajstić information content (AvgIpc) is 2.78. The fourth-order valence-corrected chi connectivity index (χ4v) is 2.37. The van der Waals surface area contributed by atoms with Crippen LogP contribution in [0.25, 0.3) is 0 Å². The summed E-state index contributed by atoms with van der Waals surface area (Å²) in [6.07, 6.45) is 3.60. The molecular weight excluding hydrogens is 234 g/mol. The highest BCUT2D eigenvalue weighted by Crippen LogP contribution is 2.18. The average molecular weight is 253 g/mol. The highest BCUT2D eigenvalue weighted by atomic mass is 16.5. The first kappa shape index (κ1) is 13.1. The number of ether oxygens (including phenoxy) is 1. The Kier molecular flexibility index (Phi) is 4.38. The van der Waals surface area contributed by atoms with Gasteiger partial charge in [-0.15, -0.1) is 0 Å². The molecule has 18 heavy (non-hydrogen) atoms. The number of carboxylic acid groups (broad SMARTS) is 1. The number of carbonyl (C=O) groups is 1. The van der Waals surface area contributed by atoms with Gasteiger partial charge in [-0.1, -0.05) is 0 Å². The third kappa shape index (κ3) is 3.34. The summed E-state index contributed by atoms with van der Waals surface area (Å²) in [5, 5.41) is 8.96. The van der Waals surface area contributed by atoms with Gasteiger partial charge in [-0.25, -0.2) is 4.79 Å². The Labute approximate surface area is 106 Å². The van der Waals surface area contributed by atoms with Crippen molar-refractivity contribution in [2.24, 2.45) is 5.92 Å². The van der Waals surface area contributed by atoms with Gasteiger partial charge in [0.25, 0.3) is 0 Å². The zero-order valence-electron chi connectivity index (χ0n) is 10.6.